The molecule has 2 N–H and O–H groups in total. The summed E-state index contributed by atoms with van der Waals surface area (Å²) in [5.41, 5.74) is 4.11. The summed E-state index contributed by atoms with van der Waals surface area (Å²) >= 11 is 3.44. The molecule has 0 aliphatic carbocycles. The van der Waals surface area contributed by atoms with Crippen LogP contribution in [0, 0.1) is 13.8 Å². The van der Waals surface area contributed by atoms with Crippen LogP contribution >= 0.6 is 15.9 Å². The fraction of sp³-hybridized carbons (Fsp3) is 0.333. The number of halogens is 1. The second-order valence-electron chi connectivity index (χ2n) is 4.84. The molecule has 0 atom stereocenters. The molecule has 106 valence electrons. The number of aromatic nitrogens is 2. The Morgan fingerprint density at radius 2 is 2.20 bits per heavy atom. The van der Waals surface area contributed by atoms with Crippen LogP contribution in [0.3, 0.4) is 0 Å². The van der Waals surface area contributed by atoms with Crippen LogP contribution < -0.4 is 5.32 Å². The van der Waals surface area contributed by atoms with E-state index >= 15 is 0 Å². The molecule has 0 saturated carbocycles. The zero-order valence-electron chi connectivity index (χ0n) is 11.7. The topological polar surface area (TPSA) is 57.8 Å². The van der Waals surface area contributed by atoms with Crippen LogP contribution in [0.15, 0.2) is 28.9 Å². The van der Waals surface area contributed by atoms with Gasteiger partial charge in [0, 0.05) is 22.3 Å². The van der Waals surface area contributed by atoms with Gasteiger partial charge in [0.05, 0.1) is 6.20 Å². The van der Waals surface area contributed by atoms with Crippen LogP contribution in [-0.4, -0.2) is 22.6 Å². The lowest BCUT2D eigenvalue weighted by molar-refractivity contribution is 0.0953. The third-order valence-electron chi connectivity index (χ3n) is 3.28. The lowest BCUT2D eigenvalue weighted by Gasteiger charge is -2.06. The predicted molar refractivity (Wildman–Crippen MR) is 82.9 cm³/mol. The van der Waals surface area contributed by atoms with Gasteiger partial charge >= 0.3 is 0 Å². The molecule has 5 heteroatoms. The number of hydrogen-bond donors (Lipinski definition) is 2. The van der Waals surface area contributed by atoms with Gasteiger partial charge in [0.25, 0.3) is 5.91 Å². The van der Waals surface area contributed by atoms with Crippen molar-refractivity contribution in [2.24, 2.45) is 0 Å². The Labute approximate surface area is 127 Å². The fourth-order valence-electron chi connectivity index (χ4n) is 1.94. The van der Waals surface area contributed by atoms with Gasteiger partial charge < -0.3 is 5.32 Å². The number of H-pyrrole nitrogens is 1. The van der Waals surface area contributed by atoms with E-state index in [0.717, 1.165) is 28.6 Å². The first-order valence-corrected chi connectivity index (χ1v) is 7.40. The smallest absolute Gasteiger partial charge is 0.251 e. The molecule has 20 heavy (non-hydrogen) atoms. The van der Waals surface area contributed by atoms with Crippen LogP contribution in [0.4, 0.5) is 0 Å². The SMILES string of the molecule is Cc1ccc(C(=O)NCCCc2cn[nH]c2C)cc1Br. The van der Waals surface area contributed by atoms with E-state index in [0.29, 0.717) is 12.1 Å². The average Bonchev–Trinajstić information content (AvgIpc) is 2.83. The van der Waals surface area contributed by atoms with E-state index in [1.807, 2.05) is 38.2 Å². The summed E-state index contributed by atoms with van der Waals surface area (Å²) in [6.07, 6.45) is 3.66. The average molecular weight is 336 g/mol. The summed E-state index contributed by atoms with van der Waals surface area (Å²) in [6, 6.07) is 5.63. The molecular weight excluding hydrogens is 318 g/mol. The Morgan fingerprint density at radius 1 is 1.40 bits per heavy atom. The molecule has 0 unspecified atom stereocenters. The summed E-state index contributed by atoms with van der Waals surface area (Å²) in [7, 11) is 0. The van der Waals surface area contributed by atoms with E-state index < -0.39 is 0 Å². The number of carbonyl (C=O) groups is 1. The standard InChI is InChI=1S/C15H18BrN3O/c1-10-5-6-12(8-14(10)16)15(20)17-7-3-4-13-9-18-19-11(13)2/h5-6,8-9H,3-4,7H2,1-2H3,(H,17,20)(H,18,19). The molecule has 1 aromatic carbocycles. The van der Waals surface area contributed by atoms with Gasteiger partial charge in [-0.25, -0.2) is 0 Å². The second kappa shape index (κ2) is 6.70. The van der Waals surface area contributed by atoms with Gasteiger partial charge in [-0.2, -0.15) is 5.10 Å². The zero-order chi connectivity index (χ0) is 14.5. The van der Waals surface area contributed by atoms with Crippen molar-refractivity contribution in [1.29, 1.82) is 0 Å². The molecule has 0 radical (unpaired) electrons. The number of nitrogens with zero attached hydrogens (tertiary/aromatic N) is 1. The van der Waals surface area contributed by atoms with Gasteiger partial charge in [0.15, 0.2) is 0 Å². The van der Waals surface area contributed by atoms with Crippen LogP contribution in [-0.2, 0) is 6.42 Å². The van der Waals surface area contributed by atoms with Crippen molar-refractivity contribution < 1.29 is 4.79 Å². The molecule has 2 aromatic rings. The summed E-state index contributed by atoms with van der Waals surface area (Å²) in [6.45, 7) is 4.67. The zero-order valence-corrected chi connectivity index (χ0v) is 13.3. The van der Waals surface area contributed by atoms with E-state index in [2.05, 4.69) is 31.4 Å². The van der Waals surface area contributed by atoms with Gasteiger partial charge in [-0.3, -0.25) is 9.89 Å². The number of aryl methyl sites for hydroxylation is 3. The molecule has 4 nitrogen and oxygen atoms in total. The Bertz CT molecular complexity index is 607. The molecule has 1 amide bonds. The van der Waals surface area contributed by atoms with E-state index in [1.165, 1.54) is 5.56 Å². The minimum absolute atomic E-state index is 0.0328. The largest absolute Gasteiger partial charge is 0.352 e. The van der Waals surface area contributed by atoms with Crippen molar-refractivity contribution in [3.8, 4) is 0 Å². The van der Waals surface area contributed by atoms with Crippen molar-refractivity contribution >= 4 is 21.8 Å². The van der Waals surface area contributed by atoms with Crippen LogP contribution in [0.2, 0.25) is 0 Å². The van der Waals surface area contributed by atoms with Gasteiger partial charge in [-0.15, -0.1) is 0 Å². The van der Waals surface area contributed by atoms with Crippen molar-refractivity contribution in [3.05, 3.63) is 51.3 Å². The monoisotopic (exact) mass is 335 g/mol. The lowest BCUT2D eigenvalue weighted by atomic mass is 10.1. The fourth-order valence-corrected chi connectivity index (χ4v) is 2.32. The first-order valence-electron chi connectivity index (χ1n) is 6.61. The summed E-state index contributed by atoms with van der Waals surface area (Å²) in [5.74, 6) is -0.0328. The highest BCUT2D eigenvalue weighted by Gasteiger charge is 2.07. The van der Waals surface area contributed by atoms with E-state index in [4.69, 9.17) is 0 Å². The molecule has 2 rings (SSSR count). The number of carbonyl (C=O) groups excluding carboxylic acids is 1. The highest BCUT2D eigenvalue weighted by Crippen LogP contribution is 2.17. The van der Waals surface area contributed by atoms with Crippen LogP contribution in [0.1, 0.15) is 33.6 Å². The Kier molecular flexibility index (Phi) is 4.95. The van der Waals surface area contributed by atoms with Gasteiger partial charge in [0.2, 0.25) is 0 Å². The number of nitrogens with one attached hydrogen (secondary N) is 2. The normalized spacial score (nSPS) is 10.6. The molecular formula is C15H18BrN3O. The van der Waals surface area contributed by atoms with Crippen molar-refractivity contribution in [3.63, 3.8) is 0 Å². The van der Waals surface area contributed by atoms with Crippen molar-refractivity contribution in [1.82, 2.24) is 15.5 Å². The third-order valence-corrected chi connectivity index (χ3v) is 4.13. The Morgan fingerprint density at radius 3 is 2.85 bits per heavy atom. The molecule has 1 heterocycles. The Balaban J connectivity index is 1.80. The summed E-state index contributed by atoms with van der Waals surface area (Å²) < 4.78 is 0.958. The summed E-state index contributed by atoms with van der Waals surface area (Å²) in [5, 5.41) is 9.83. The molecule has 0 saturated heterocycles. The molecule has 1 aromatic heterocycles. The Hall–Kier alpha value is -1.62. The minimum atomic E-state index is -0.0328. The highest BCUT2D eigenvalue weighted by molar-refractivity contribution is 9.10. The first-order chi connectivity index (χ1) is 9.58. The van der Waals surface area contributed by atoms with E-state index in [-0.39, 0.29) is 5.91 Å². The lowest BCUT2D eigenvalue weighted by Crippen LogP contribution is -2.24. The third kappa shape index (κ3) is 3.70. The number of amides is 1. The van der Waals surface area contributed by atoms with Crippen LogP contribution in [0.25, 0.3) is 0 Å². The first kappa shape index (κ1) is 14.8. The number of aromatic amines is 1. The maximum Gasteiger partial charge on any atom is 0.251 e. The predicted octanol–water partition coefficient (Wildman–Crippen LogP) is 3.15. The second-order valence-corrected chi connectivity index (χ2v) is 5.70. The minimum Gasteiger partial charge on any atom is -0.352 e. The highest BCUT2D eigenvalue weighted by atomic mass is 79.9. The van der Waals surface area contributed by atoms with Crippen molar-refractivity contribution in [2.75, 3.05) is 6.54 Å². The molecule has 0 bridgehead atoms. The number of hydrogen-bond acceptors (Lipinski definition) is 2. The maximum absolute atomic E-state index is 12.0. The van der Waals surface area contributed by atoms with E-state index in [9.17, 15) is 4.79 Å². The molecule has 0 fully saturated rings. The van der Waals surface area contributed by atoms with Crippen molar-refractivity contribution in [2.45, 2.75) is 26.7 Å². The quantitative estimate of drug-likeness (QED) is 0.824. The molecule has 0 spiro atoms. The van der Waals surface area contributed by atoms with Gasteiger partial charge in [0.1, 0.15) is 0 Å². The number of benzene rings is 1. The maximum atomic E-state index is 12.0. The van der Waals surface area contributed by atoms with E-state index in [1.54, 1.807) is 0 Å². The number of rotatable bonds is 5. The van der Waals surface area contributed by atoms with Gasteiger partial charge in [-0.05, 0) is 49.9 Å². The molecule has 0 aliphatic heterocycles. The molecule has 0 aliphatic rings. The summed E-state index contributed by atoms with van der Waals surface area (Å²) in [4.78, 5) is 12.0. The van der Waals surface area contributed by atoms with Crippen LogP contribution in [0.5, 0.6) is 0 Å². The van der Waals surface area contributed by atoms with Gasteiger partial charge in [-0.1, -0.05) is 22.0 Å².